The van der Waals surface area contributed by atoms with Gasteiger partial charge in [0.25, 0.3) is 4.92 Å². The van der Waals surface area contributed by atoms with Crippen LogP contribution in [0.25, 0.3) is 0 Å². The highest BCUT2D eigenvalue weighted by Crippen LogP contribution is 2.25. The van der Waals surface area contributed by atoms with Gasteiger partial charge in [0.05, 0.1) is 4.91 Å². The summed E-state index contributed by atoms with van der Waals surface area (Å²) >= 11 is 0. The lowest BCUT2D eigenvalue weighted by atomic mass is 10.4. The number of rotatable bonds is 2. The standard InChI is InChI=1S/C5H6N2O4/c1-3-4(7(9)10-2)5(8)11-6-3/h1-2H3. The summed E-state index contributed by atoms with van der Waals surface area (Å²) in [5, 5.41) is 14.0. The molecule has 1 heterocycles. The maximum atomic E-state index is 10.7. The van der Waals surface area contributed by atoms with Crippen LogP contribution in [-0.4, -0.2) is 17.2 Å². The first-order valence-corrected chi connectivity index (χ1v) is 2.81. The molecule has 0 aromatic carbocycles. The molecule has 0 aliphatic heterocycles. The Kier molecular flexibility index (Phi) is 1.75. The zero-order valence-electron chi connectivity index (χ0n) is 6.03. The fourth-order valence-corrected chi connectivity index (χ4v) is 0.642. The molecule has 11 heavy (non-hydrogen) atoms. The second-order valence-corrected chi connectivity index (χ2v) is 1.84. The number of hydrogen-bond acceptors (Lipinski definition) is 5. The molecule has 0 radical (unpaired) electrons. The van der Waals surface area contributed by atoms with E-state index in [4.69, 9.17) is 0 Å². The zero-order valence-corrected chi connectivity index (χ0v) is 6.03. The fourth-order valence-electron chi connectivity index (χ4n) is 0.642. The Balaban J connectivity index is 3.10. The molecule has 1 aromatic rings. The maximum Gasteiger partial charge on any atom is 0.362 e. The Morgan fingerprint density at radius 2 is 2.36 bits per heavy atom. The number of hydrogen-bond donors (Lipinski definition) is 0. The van der Waals surface area contributed by atoms with Gasteiger partial charge >= 0.3 is 5.69 Å². The minimum atomic E-state index is -0.792. The van der Waals surface area contributed by atoms with Crippen LogP contribution in [0, 0.1) is 11.8 Å². The van der Waals surface area contributed by atoms with Gasteiger partial charge in [-0.25, -0.2) is 4.84 Å². The fraction of sp³-hybridized carbons (Fsp3) is 0.400. The smallest absolute Gasteiger partial charge is 0.362 e. The molecule has 0 amide bonds. The van der Waals surface area contributed by atoms with E-state index in [-0.39, 0.29) is 16.3 Å². The Morgan fingerprint density at radius 1 is 1.73 bits per heavy atom. The van der Waals surface area contributed by atoms with Crippen LogP contribution in [0.4, 0.5) is 5.69 Å². The van der Waals surface area contributed by atoms with Crippen molar-refractivity contribution in [3.8, 4) is 5.95 Å². The van der Waals surface area contributed by atoms with Crippen LogP contribution in [0.3, 0.4) is 0 Å². The molecule has 0 saturated carbocycles. The highest BCUT2D eigenvalue weighted by Gasteiger charge is 2.23. The van der Waals surface area contributed by atoms with Gasteiger partial charge in [-0.3, -0.25) is 0 Å². The van der Waals surface area contributed by atoms with E-state index in [2.05, 4.69) is 14.5 Å². The molecule has 0 fully saturated rings. The van der Waals surface area contributed by atoms with Crippen molar-refractivity contribution in [2.24, 2.45) is 0 Å². The van der Waals surface area contributed by atoms with E-state index in [1.807, 2.05) is 0 Å². The van der Waals surface area contributed by atoms with E-state index in [1.165, 1.54) is 6.92 Å². The van der Waals surface area contributed by atoms with Crippen molar-refractivity contribution in [1.82, 2.24) is 5.16 Å². The Morgan fingerprint density at radius 3 is 2.73 bits per heavy atom. The summed E-state index contributed by atoms with van der Waals surface area (Å²) in [7, 11) is 1.15. The van der Waals surface area contributed by atoms with Gasteiger partial charge in [-0.05, 0) is 6.92 Å². The number of aryl methyl sites for hydroxylation is 1. The van der Waals surface area contributed by atoms with Crippen molar-refractivity contribution >= 4 is 5.69 Å². The van der Waals surface area contributed by atoms with Crippen molar-refractivity contribution in [3.63, 3.8) is 0 Å². The quantitative estimate of drug-likeness (QED) is 0.567. The zero-order chi connectivity index (χ0) is 8.43. The highest BCUT2D eigenvalue weighted by molar-refractivity contribution is 5.39. The van der Waals surface area contributed by atoms with E-state index in [0.29, 0.717) is 0 Å². The molecule has 6 heteroatoms. The van der Waals surface area contributed by atoms with E-state index < -0.39 is 5.95 Å². The van der Waals surface area contributed by atoms with Crippen LogP contribution in [-0.2, 0) is 4.84 Å². The predicted octanol–water partition coefficient (Wildman–Crippen LogP) is 0.0284. The largest absolute Gasteiger partial charge is 0.539 e. The molecular weight excluding hydrogens is 152 g/mol. The summed E-state index contributed by atoms with van der Waals surface area (Å²) in [5.74, 6) is -0.792. The van der Waals surface area contributed by atoms with Crippen molar-refractivity contribution in [2.75, 3.05) is 7.11 Å². The summed E-state index contributed by atoms with van der Waals surface area (Å²) in [6.07, 6.45) is 0. The molecular formula is C5H6N2O4. The summed E-state index contributed by atoms with van der Waals surface area (Å²) in [6.45, 7) is 1.48. The second kappa shape index (κ2) is 2.57. The molecule has 0 aliphatic rings. The van der Waals surface area contributed by atoms with Crippen molar-refractivity contribution in [3.05, 3.63) is 10.6 Å². The summed E-state index contributed by atoms with van der Waals surface area (Å²) in [5.41, 5.74) is -0.000602. The van der Waals surface area contributed by atoms with E-state index in [9.17, 15) is 10.0 Å². The van der Waals surface area contributed by atoms with Crippen molar-refractivity contribution in [1.29, 1.82) is 0 Å². The lowest BCUT2D eigenvalue weighted by Crippen LogP contribution is -2.01. The Labute approximate surface area is 61.9 Å². The third-order valence-corrected chi connectivity index (χ3v) is 1.15. The Bertz CT molecular complexity index is 261. The van der Waals surface area contributed by atoms with Gasteiger partial charge in [-0.15, -0.1) is 0 Å². The third kappa shape index (κ3) is 1.14. The van der Waals surface area contributed by atoms with Crippen molar-refractivity contribution in [2.45, 2.75) is 6.92 Å². The lowest BCUT2D eigenvalue weighted by Gasteiger charge is -1.88. The van der Waals surface area contributed by atoms with Crippen LogP contribution in [0.1, 0.15) is 5.69 Å². The molecule has 0 aliphatic carbocycles. The molecule has 0 atom stereocenters. The average Bonchev–Trinajstić information content (AvgIpc) is 2.30. The topological polar surface area (TPSA) is 78.4 Å². The number of aromatic nitrogens is 1. The van der Waals surface area contributed by atoms with E-state index in [0.717, 1.165) is 7.11 Å². The molecule has 1 rings (SSSR count). The van der Waals surface area contributed by atoms with Gasteiger partial charge in [0.1, 0.15) is 5.69 Å². The molecule has 60 valence electrons. The minimum absolute atomic E-state index is 0.0637. The SMILES string of the molecule is CO[N+](=O)c1c(C)noc1[O-]. The van der Waals surface area contributed by atoms with E-state index >= 15 is 0 Å². The first-order valence-electron chi connectivity index (χ1n) is 2.81. The monoisotopic (exact) mass is 158 g/mol. The summed E-state index contributed by atoms with van der Waals surface area (Å²) < 4.78 is 4.19. The van der Waals surface area contributed by atoms with Gasteiger partial charge in [0.2, 0.25) is 0 Å². The van der Waals surface area contributed by atoms with Crippen LogP contribution in [0.15, 0.2) is 4.52 Å². The van der Waals surface area contributed by atoms with Gasteiger partial charge < -0.3 is 9.63 Å². The van der Waals surface area contributed by atoms with Gasteiger partial charge in [-0.2, -0.15) is 5.16 Å². The van der Waals surface area contributed by atoms with Crippen LogP contribution >= 0.6 is 0 Å². The molecule has 0 N–H and O–H groups in total. The number of nitrogens with zero attached hydrogens (tertiary/aromatic N) is 2. The first-order chi connectivity index (χ1) is 5.16. The molecule has 0 bridgehead atoms. The predicted molar refractivity (Wildman–Crippen MR) is 31.0 cm³/mol. The molecule has 0 unspecified atom stereocenters. The first kappa shape index (κ1) is 7.52. The van der Waals surface area contributed by atoms with Crippen molar-refractivity contribution < 1.29 is 19.4 Å². The van der Waals surface area contributed by atoms with Gasteiger partial charge in [0, 0.05) is 0 Å². The van der Waals surface area contributed by atoms with Crippen LogP contribution in [0.2, 0.25) is 0 Å². The maximum absolute atomic E-state index is 10.7. The van der Waals surface area contributed by atoms with Gasteiger partial charge in [-0.1, -0.05) is 0 Å². The van der Waals surface area contributed by atoms with Gasteiger partial charge in [0.15, 0.2) is 13.1 Å². The molecule has 0 spiro atoms. The Hall–Kier alpha value is -1.59. The second-order valence-electron chi connectivity index (χ2n) is 1.84. The molecule has 1 aromatic heterocycles. The average molecular weight is 158 g/mol. The minimum Gasteiger partial charge on any atom is -0.539 e. The van der Waals surface area contributed by atoms with E-state index in [1.54, 1.807) is 0 Å². The van der Waals surface area contributed by atoms with Crippen LogP contribution in [0.5, 0.6) is 5.95 Å². The summed E-state index contributed by atoms with van der Waals surface area (Å²) in [6, 6.07) is 0. The van der Waals surface area contributed by atoms with Crippen LogP contribution < -0.4 is 5.11 Å². The normalized spacial score (nSPS) is 9.64. The lowest BCUT2D eigenvalue weighted by molar-refractivity contribution is -0.738. The molecule has 0 saturated heterocycles. The summed E-state index contributed by atoms with van der Waals surface area (Å²) in [4.78, 5) is 15.0. The highest BCUT2D eigenvalue weighted by atomic mass is 16.8. The molecule has 6 nitrogen and oxygen atoms in total. The third-order valence-electron chi connectivity index (χ3n) is 1.15.